The van der Waals surface area contributed by atoms with Crippen molar-refractivity contribution in [2.45, 2.75) is 77.2 Å². The van der Waals surface area contributed by atoms with E-state index in [1.54, 1.807) is 12.1 Å². The molecule has 1 heterocycles. The molecule has 0 fully saturated rings. The van der Waals surface area contributed by atoms with E-state index >= 15 is 0 Å². The average Bonchev–Trinajstić information content (AvgIpc) is 3.11. The molecule has 0 spiro atoms. The Balaban J connectivity index is 1.28. The number of esters is 2. The fourth-order valence-electron chi connectivity index (χ4n) is 7.23. The van der Waals surface area contributed by atoms with Gasteiger partial charge in [-0.15, -0.1) is 0 Å². The van der Waals surface area contributed by atoms with Crippen molar-refractivity contribution in [2.24, 2.45) is 0 Å². The second-order valence-electron chi connectivity index (χ2n) is 13.1. The predicted octanol–water partition coefficient (Wildman–Crippen LogP) is 7.89. The van der Waals surface area contributed by atoms with Crippen LogP contribution in [0.15, 0.2) is 97.1 Å². The number of hydrogen-bond acceptors (Lipinski definition) is 6. The Labute approximate surface area is 294 Å². The van der Waals surface area contributed by atoms with Crippen LogP contribution in [-0.2, 0) is 32.6 Å². The third-order valence-corrected chi connectivity index (χ3v) is 9.74. The Kier molecular flexibility index (Phi) is 12.6. The van der Waals surface area contributed by atoms with Gasteiger partial charge in [0.1, 0.15) is 5.82 Å². The van der Waals surface area contributed by atoms with Crippen LogP contribution in [0, 0.1) is 5.82 Å². The first-order valence-electron chi connectivity index (χ1n) is 17.5. The summed E-state index contributed by atoms with van der Waals surface area (Å²) in [6.07, 6.45) is 5.25. The van der Waals surface area contributed by atoms with Gasteiger partial charge in [-0.1, -0.05) is 72.8 Å². The maximum atomic E-state index is 13.3. The first-order valence-corrected chi connectivity index (χ1v) is 17.5. The van der Waals surface area contributed by atoms with Gasteiger partial charge in [-0.2, -0.15) is 0 Å². The van der Waals surface area contributed by atoms with Gasteiger partial charge < -0.3 is 14.8 Å². The molecule has 4 aromatic rings. The standard InChI is InChI=1S/C42H47FN2O5/c1-30-38-29-40(50-32(3)47)39(49-31(2)46)28-34(38)22-27-45(30)26-11-24-42(35-12-6-4-7-13-35,36-14-8-5-9-15-36)23-10-25-44-41(48)21-18-33-16-19-37(43)20-17-33/h4-9,12-17,19-20,28-30H,10-11,18,21-27H2,1-3H3,(H,44,48). The Hall–Kier alpha value is -4.82. The number of amides is 1. The van der Waals surface area contributed by atoms with Crippen LogP contribution in [0.2, 0.25) is 0 Å². The lowest BCUT2D eigenvalue weighted by Gasteiger charge is -2.39. The SMILES string of the molecule is CC(=O)Oc1cc2c(cc1OC(C)=O)C(C)N(CCCC(CCCNC(=O)CCc1ccc(F)cc1)(c1ccccc1)c1ccccc1)CC2. The summed E-state index contributed by atoms with van der Waals surface area (Å²) in [5.41, 5.74) is 5.36. The number of carbonyl (C=O) groups excluding carboxylic acids is 3. The van der Waals surface area contributed by atoms with Gasteiger partial charge in [-0.25, -0.2) is 4.39 Å². The van der Waals surface area contributed by atoms with Crippen LogP contribution >= 0.6 is 0 Å². The molecule has 1 N–H and O–H groups in total. The number of benzene rings is 4. The van der Waals surface area contributed by atoms with Crippen LogP contribution in [0.4, 0.5) is 4.39 Å². The first-order chi connectivity index (χ1) is 24.1. The molecule has 0 aromatic heterocycles. The monoisotopic (exact) mass is 678 g/mol. The number of carbonyl (C=O) groups is 3. The van der Waals surface area contributed by atoms with E-state index in [2.05, 4.69) is 65.7 Å². The Morgan fingerprint density at radius 2 is 1.40 bits per heavy atom. The number of ether oxygens (including phenoxy) is 2. The van der Waals surface area contributed by atoms with E-state index in [-0.39, 0.29) is 34.7 Å². The summed E-state index contributed by atoms with van der Waals surface area (Å²) in [6, 6.07) is 31.4. The van der Waals surface area contributed by atoms with Crippen LogP contribution in [-0.4, -0.2) is 42.4 Å². The summed E-state index contributed by atoms with van der Waals surface area (Å²) in [5.74, 6) is -0.688. The second kappa shape index (κ2) is 17.2. The van der Waals surface area contributed by atoms with Gasteiger partial charge in [0, 0.05) is 44.8 Å². The third kappa shape index (κ3) is 9.45. The van der Waals surface area contributed by atoms with Gasteiger partial charge in [0.15, 0.2) is 11.5 Å². The summed E-state index contributed by atoms with van der Waals surface area (Å²) in [7, 11) is 0. The third-order valence-electron chi connectivity index (χ3n) is 9.74. The summed E-state index contributed by atoms with van der Waals surface area (Å²) in [5, 5.41) is 3.11. The lowest BCUT2D eigenvalue weighted by Crippen LogP contribution is -2.36. The van der Waals surface area contributed by atoms with Crippen molar-refractivity contribution in [3.63, 3.8) is 0 Å². The van der Waals surface area contributed by atoms with Gasteiger partial charge in [0.25, 0.3) is 0 Å². The van der Waals surface area contributed by atoms with Gasteiger partial charge in [-0.05, 0) is 104 Å². The van der Waals surface area contributed by atoms with E-state index in [9.17, 15) is 18.8 Å². The smallest absolute Gasteiger partial charge is 0.308 e. The van der Waals surface area contributed by atoms with Gasteiger partial charge in [0.05, 0.1) is 0 Å². The molecule has 5 rings (SSSR count). The molecule has 0 saturated heterocycles. The zero-order valence-corrected chi connectivity index (χ0v) is 29.3. The van der Waals surface area contributed by atoms with Crippen molar-refractivity contribution in [1.29, 1.82) is 0 Å². The molecule has 1 amide bonds. The highest BCUT2D eigenvalue weighted by molar-refractivity contribution is 5.76. The van der Waals surface area contributed by atoms with Crippen LogP contribution < -0.4 is 14.8 Å². The number of nitrogens with zero attached hydrogens (tertiary/aromatic N) is 1. The minimum atomic E-state index is -0.471. The number of aryl methyl sites for hydroxylation is 1. The van der Waals surface area contributed by atoms with Crippen molar-refractivity contribution >= 4 is 17.8 Å². The molecule has 1 aliphatic heterocycles. The number of fused-ring (bicyclic) bond motifs is 1. The van der Waals surface area contributed by atoms with E-state index in [1.807, 2.05) is 24.3 Å². The minimum absolute atomic E-state index is 0.00412. The molecule has 0 saturated carbocycles. The highest BCUT2D eigenvalue weighted by atomic mass is 19.1. The largest absolute Gasteiger partial charge is 0.423 e. The highest BCUT2D eigenvalue weighted by Crippen LogP contribution is 2.42. The van der Waals surface area contributed by atoms with Crippen molar-refractivity contribution in [3.05, 3.63) is 131 Å². The summed E-state index contributed by atoms with van der Waals surface area (Å²) in [6.45, 7) is 7.14. The number of nitrogens with one attached hydrogen (secondary N) is 1. The lowest BCUT2D eigenvalue weighted by molar-refractivity contribution is -0.134. The predicted molar refractivity (Wildman–Crippen MR) is 193 cm³/mol. The van der Waals surface area contributed by atoms with Gasteiger partial charge >= 0.3 is 11.9 Å². The summed E-state index contributed by atoms with van der Waals surface area (Å²) in [4.78, 5) is 38.8. The molecular weight excluding hydrogens is 631 g/mol. The van der Waals surface area contributed by atoms with E-state index in [4.69, 9.17) is 9.47 Å². The molecule has 0 bridgehead atoms. The maximum absolute atomic E-state index is 13.3. The zero-order chi connectivity index (χ0) is 35.5. The fraction of sp³-hybridized carbons (Fsp3) is 0.357. The Morgan fingerprint density at radius 1 is 0.820 bits per heavy atom. The maximum Gasteiger partial charge on any atom is 0.308 e. The molecule has 0 aliphatic carbocycles. The first kappa shape index (κ1) is 36.5. The van der Waals surface area contributed by atoms with E-state index < -0.39 is 11.9 Å². The van der Waals surface area contributed by atoms with Crippen LogP contribution in [0.1, 0.15) is 86.7 Å². The quantitative estimate of drug-likeness (QED) is 0.0782. The molecule has 4 aromatic carbocycles. The van der Waals surface area contributed by atoms with Gasteiger partial charge in [0.2, 0.25) is 5.91 Å². The molecule has 50 heavy (non-hydrogen) atoms. The number of rotatable bonds is 15. The summed E-state index contributed by atoms with van der Waals surface area (Å²) >= 11 is 0. The molecular formula is C42H47FN2O5. The fourth-order valence-corrected chi connectivity index (χ4v) is 7.23. The highest BCUT2D eigenvalue weighted by Gasteiger charge is 2.34. The van der Waals surface area contributed by atoms with Crippen molar-refractivity contribution < 1.29 is 28.2 Å². The number of halogens is 1. The van der Waals surface area contributed by atoms with Crippen molar-refractivity contribution in [1.82, 2.24) is 10.2 Å². The average molecular weight is 679 g/mol. The Morgan fingerprint density at radius 3 is 2.00 bits per heavy atom. The minimum Gasteiger partial charge on any atom is -0.423 e. The Bertz CT molecular complexity index is 1700. The number of hydrogen-bond donors (Lipinski definition) is 1. The molecule has 1 aliphatic rings. The zero-order valence-electron chi connectivity index (χ0n) is 29.3. The van der Waals surface area contributed by atoms with E-state index in [0.29, 0.717) is 19.4 Å². The van der Waals surface area contributed by atoms with E-state index in [1.165, 1.54) is 37.1 Å². The van der Waals surface area contributed by atoms with Gasteiger partial charge in [-0.3, -0.25) is 19.3 Å². The van der Waals surface area contributed by atoms with Crippen LogP contribution in [0.25, 0.3) is 0 Å². The molecule has 262 valence electrons. The lowest BCUT2D eigenvalue weighted by atomic mass is 9.68. The molecule has 8 heteroatoms. The van der Waals surface area contributed by atoms with E-state index in [0.717, 1.165) is 61.9 Å². The normalized spacial score (nSPS) is 14.4. The van der Waals surface area contributed by atoms with Crippen LogP contribution in [0.3, 0.4) is 0 Å². The van der Waals surface area contributed by atoms with Crippen LogP contribution in [0.5, 0.6) is 11.5 Å². The van der Waals surface area contributed by atoms with Crippen molar-refractivity contribution in [2.75, 3.05) is 19.6 Å². The van der Waals surface area contributed by atoms with Crippen molar-refractivity contribution in [3.8, 4) is 11.5 Å². The molecule has 1 atom stereocenters. The topological polar surface area (TPSA) is 84.9 Å². The molecule has 0 radical (unpaired) electrons. The summed E-state index contributed by atoms with van der Waals surface area (Å²) < 4.78 is 24.1. The molecule has 1 unspecified atom stereocenters. The second-order valence-corrected chi connectivity index (χ2v) is 13.1. The molecule has 7 nitrogen and oxygen atoms in total.